The molecule has 6 unspecified atom stereocenters. The number of alkyl halides is 3. The van der Waals surface area contributed by atoms with Gasteiger partial charge in [-0.25, -0.2) is 13.2 Å². The molecule has 2 aliphatic carbocycles. The van der Waals surface area contributed by atoms with Crippen LogP contribution in [0.1, 0.15) is 334 Å². The van der Waals surface area contributed by atoms with Gasteiger partial charge in [0.1, 0.15) is 5.67 Å². The number of piperidine rings is 3. The van der Waals surface area contributed by atoms with Crippen LogP contribution in [0.3, 0.4) is 0 Å². The minimum Gasteiger partial charge on any atom is -0.379 e. The van der Waals surface area contributed by atoms with Gasteiger partial charge < -0.3 is 4.74 Å². The van der Waals surface area contributed by atoms with Crippen LogP contribution in [0.4, 0.5) is 13.2 Å². The van der Waals surface area contributed by atoms with Gasteiger partial charge in [-0.1, -0.05) is 67.4 Å². The summed E-state index contributed by atoms with van der Waals surface area (Å²) in [6, 6.07) is 20.3. The number of hydrogen-bond acceptors (Lipinski definition) is 11. The van der Waals surface area contributed by atoms with E-state index in [1.54, 1.807) is 6.92 Å². The summed E-state index contributed by atoms with van der Waals surface area (Å²) in [6.45, 7) is 92.7. The fourth-order valence-electron chi connectivity index (χ4n) is 17.3. The van der Waals surface area contributed by atoms with Crippen molar-refractivity contribution < 1.29 is 17.9 Å². The third kappa shape index (κ3) is 34.8. The minimum atomic E-state index is -2.41. The SMILES string of the molecule is CC(C)(C)N1CC2CC2C1.CC(C)(C)N1CC2CCCC2C1.CC(C)(C)N1CCC(F)(F)CC1.CC(C)(C)N1CCC1.CC(C)(C)N1CCCC1.CC(C)(C)N1CCCC1c1ccccc1.CC(C)(C)N1CCCCC1.CC(C)(C)N1CCOCC1.CC(C)(C)N1Cc2ccccc2C1.CC1(F)CCN(C(C)(C)C)C1. The summed E-state index contributed by atoms with van der Waals surface area (Å²) in [5, 5.41) is 0. The topological polar surface area (TPSA) is 41.6 Å². The molecule has 14 rings (SSSR count). The molecule has 0 spiro atoms. The molecule has 2 saturated carbocycles. The van der Waals surface area contributed by atoms with E-state index < -0.39 is 11.6 Å². The number of ether oxygens (including phenoxy) is 1. The molecule has 11 fully saturated rings. The van der Waals surface area contributed by atoms with Crippen molar-refractivity contribution in [2.45, 2.75) is 397 Å². The fraction of sp³-hybridized carbons (Fsp3) is 0.875. The molecule has 0 radical (unpaired) electrons. The molecule has 14 heteroatoms. The molecular weight excluding hydrogens is 1370 g/mol. The highest BCUT2D eigenvalue weighted by atomic mass is 19.3. The van der Waals surface area contributed by atoms with Crippen LogP contribution in [0.5, 0.6) is 0 Å². The first-order chi connectivity index (χ1) is 50.3. The van der Waals surface area contributed by atoms with E-state index in [4.69, 9.17) is 4.74 Å². The summed E-state index contributed by atoms with van der Waals surface area (Å²) in [7, 11) is 0. The maximum absolute atomic E-state index is 13.3. The molecular formula is C96H179F3N10O. The first kappa shape index (κ1) is 98.4. The smallest absolute Gasteiger partial charge is 0.250 e. The molecule has 0 bridgehead atoms. The van der Waals surface area contributed by atoms with Crippen molar-refractivity contribution in [3.8, 4) is 0 Å². The maximum Gasteiger partial charge on any atom is 0.250 e. The van der Waals surface area contributed by atoms with Crippen LogP contribution in [-0.4, -0.2) is 240 Å². The van der Waals surface area contributed by atoms with E-state index in [9.17, 15) is 13.2 Å². The van der Waals surface area contributed by atoms with Crippen molar-refractivity contribution in [2.24, 2.45) is 23.7 Å². The van der Waals surface area contributed by atoms with E-state index >= 15 is 0 Å². The van der Waals surface area contributed by atoms with E-state index in [1.165, 1.54) is 166 Å². The van der Waals surface area contributed by atoms with Gasteiger partial charge in [-0.15, -0.1) is 0 Å². The van der Waals surface area contributed by atoms with Crippen molar-refractivity contribution in [2.75, 3.05) is 124 Å². The summed E-state index contributed by atoms with van der Waals surface area (Å²) in [6.07, 6.45) is 17.8. The van der Waals surface area contributed by atoms with Crippen LogP contribution < -0.4 is 0 Å². The van der Waals surface area contributed by atoms with Crippen LogP contribution in [0.2, 0.25) is 0 Å². The van der Waals surface area contributed by atoms with Crippen molar-refractivity contribution in [1.29, 1.82) is 0 Å². The molecule has 0 amide bonds. The van der Waals surface area contributed by atoms with Crippen LogP contribution >= 0.6 is 0 Å². The highest BCUT2D eigenvalue weighted by molar-refractivity contribution is 5.30. The van der Waals surface area contributed by atoms with Crippen LogP contribution in [0, 0.1) is 23.7 Å². The van der Waals surface area contributed by atoms with Gasteiger partial charge in [-0.2, -0.15) is 0 Å². The summed E-state index contributed by atoms with van der Waals surface area (Å²) in [5.74, 6) is 1.84. The molecule has 12 aliphatic rings. The molecule has 2 aromatic rings. The van der Waals surface area contributed by atoms with E-state index in [0.29, 0.717) is 70.9 Å². The average Bonchev–Trinajstić information content (AvgIpc) is 1.62. The number of morpholine rings is 1. The number of halogens is 3. The third-order valence-corrected chi connectivity index (χ3v) is 25.6. The van der Waals surface area contributed by atoms with E-state index in [0.717, 1.165) is 69.6 Å². The van der Waals surface area contributed by atoms with Crippen LogP contribution in [0.25, 0.3) is 0 Å². The number of fused-ring (bicyclic) bond motifs is 3. The second kappa shape index (κ2) is 41.5. The Hall–Kier alpha value is -2.21. The number of nitrogens with zero attached hydrogens (tertiary/aromatic N) is 10. The van der Waals surface area contributed by atoms with Gasteiger partial charge >= 0.3 is 0 Å². The van der Waals surface area contributed by atoms with Crippen molar-refractivity contribution in [1.82, 2.24) is 49.0 Å². The molecule has 640 valence electrons. The normalized spacial score (nSPS) is 26.9. The summed E-state index contributed by atoms with van der Waals surface area (Å²) >= 11 is 0. The van der Waals surface area contributed by atoms with Gasteiger partial charge in [0, 0.05) is 153 Å². The lowest BCUT2D eigenvalue weighted by molar-refractivity contribution is -0.0713. The first-order valence-electron chi connectivity index (χ1n) is 44.6. The Morgan fingerprint density at radius 3 is 0.955 bits per heavy atom. The van der Waals surface area contributed by atoms with Gasteiger partial charge in [-0.05, 0) is 371 Å². The van der Waals surface area contributed by atoms with E-state index in [-0.39, 0.29) is 29.5 Å². The van der Waals surface area contributed by atoms with Gasteiger partial charge in [0.05, 0.1) is 13.2 Å². The van der Waals surface area contributed by atoms with E-state index in [2.05, 4.69) is 311 Å². The van der Waals surface area contributed by atoms with Gasteiger partial charge in [0.25, 0.3) is 5.92 Å². The predicted octanol–water partition coefficient (Wildman–Crippen LogP) is 22.2. The number of likely N-dealkylation sites (tertiary alicyclic amines) is 8. The average molecular weight is 1550 g/mol. The number of benzene rings is 2. The highest BCUT2D eigenvalue weighted by Gasteiger charge is 2.48. The van der Waals surface area contributed by atoms with Gasteiger partial charge in [0.2, 0.25) is 0 Å². The number of rotatable bonds is 1. The van der Waals surface area contributed by atoms with Crippen molar-refractivity contribution >= 4 is 0 Å². The fourth-order valence-corrected chi connectivity index (χ4v) is 17.3. The molecule has 110 heavy (non-hydrogen) atoms. The lowest BCUT2D eigenvalue weighted by Crippen LogP contribution is -2.49. The lowest BCUT2D eigenvalue weighted by Gasteiger charge is -2.42. The molecule has 0 N–H and O–H groups in total. The molecule has 0 aromatic heterocycles. The molecule has 11 nitrogen and oxygen atoms in total. The first-order valence-corrected chi connectivity index (χ1v) is 44.6. The van der Waals surface area contributed by atoms with Crippen molar-refractivity contribution in [3.05, 3.63) is 71.3 Å². The Balaban J connectivity index is 0.000000220. The zero-order valence-electron chi connectivity index (χ0n) is 78.1. The standard InChI is InChI=1S/C14H21N.C12H17N.C11H21N.C9H17F2N.C9H18FN.C9H17N.C9H19N.C8H17NO.C8H17N.C7H15N/c1-14(2,3)15-11-7-10-13(15)12-8-5-4-6-9-12;1-12(2,3)13-8-10-6-4-5-7-11(10)9-13;1-11(2,3)12-7-9-5-4-6-10(9)8-12;1-8(2,3)12-6-4-9(10,11)5-7-12;1-8(2,3)11-6-5-9(4,10)7-11;1-9(2,3)10-5-7-4-8(7)6-10;1-9(2,3)10-7-5-4-6-8-10;1-8(2,3)9-4-6-10-7-5-9;1-8(2,3)9-6-4-5-7-9;1-7(2,3)8-5-4-6-8/h4-6,8-9,13H,7,10-11H2,1-3H3;4-7H,8-9H2,1-3H3;9-10H,4-8H2,1-3H3;4-7H2,1-3H3;5-7H2,1-4H3;7-8H,4-6H2,1-3H3;4-8H2,1-3H3;4-7H2,1-3H3;4-7H2,1-3H3;4-6H2,1-3H3. The monoisotopic (exact) mass is 1550 g/mol. The predicted molar refractivity (Wildman–Crippen MR) is 470 cm³/mol. The third-order valence-electron chi connectivity index (χ3n) is 25.6. The highest BCUT2D eigenvalue weighted by Crippen LogP contribution is 2.47. The number of hydrogen-bond donors (Lipinski definition) is 0. The van der Waals surface area contributed by atoms with Crippen LogP contribution in [-0.2, 0) is 17.8 Å². The molecule has 10 aliphatic heterocycles. The van der Waals surface area contributed by atoms with Gasteiger partial charge in [-0.3, -0.25) is 49.0 Å². The largest absolute Gasteiger partial charge is 0.379 e. The maximum atomic E-state index is 13.3. The zero-order valence-corrected chi connectivity index (χ0v) is 78.1. The minimum absolute atomic E-state index is 0.0181. The Labute approximate surface area is 679 Å². The Kier molecular flexibility index (Phi) is 37.1. The lowest BCUT2D eigenvalue weighted by atomic mass is 9.99. The quantitative estimate of drug-likeness (QED) is 0.274. The molecule has 10 heterocycles. The molecule has 2 aromatic carbocycles. The van der Waals surface area contributed by atoms with Gasteiger partial charge in [0.15, 0.2) is 0 Å². The zero-order chi connectivity index (χ0) is 82.9. The van der Waals surface area contributed by atoms with Crippen LogP contribution in [0.15, 0.2) is 54.6 Å². The van der Waals surface area contributed by atoms with E-state index in [1.807, 2.05) is 0 Å². The molecule has 6 atom stereocenters. The second-order valence-corrected chi connectivity index (χ2v) is 45.2. The summed E-state index contributed by atoms with van der Waals surface area (Å²) < 4.78 is 44.1. The second-order valence-electron chi connectivity index (χ2n) is 45.2. The molecule has 9 saturated heterocycles. The Morgan fingerprint density at radius 2 is 0.645 bits per heavy atom. The van der Waals surface area contributed by atoms with Crippen molar-refractivity contribution in [3.63, 3.8) is 0 Å². The Morgan fingerprint density at radius 1 is 0.309 bits per heavy atom. The summed E-state index contributed by atoms with van der Waals surface area (Å²) in [4.78, 5) is 24.8. The Bertz CT molecular complexity index is 2760. The summed E-state index contributed by atoms with van der Waals surface area (Å²) in [5.41, 5.74) is 6.67.